The van der Waals surface area contributed by atoms with Gasteiger partial charge in [0.25, 0.3) is 0 Å². The van der Waals surface area contributed by atoms with Gasteiger partial charge >= 0.3 is 0 Å². The number of allylic oxidation sites excluding steroid dienone is 1. The van der Waals surface area contributed by atoms with Crippen LogP contribution in [0.5, 0.6) is 5.75 Å². The lowest BCUT2D eigenvalue weighted by molar-refractivity contribution is 0.00798. The number of para-hydroxylation sites is 1. The van der Waals surface area contributed by atoms with Crippen molar-refractivity contribution in [1.82, 2.24) is 0 Å². The van der Waals surface area contributed by atoms with Crippen LogP contribution in [0.15, 0.2) is 66.2 Å². The Morgan fingerprint density at radius 2 is 1.76 bits per heavy atom. The molecule has 0 saturated heterocycles. The van der Waals surface area contributed by atoms with Gasteiger partial charge in [0, 0.05) is 11.6 Å². The molecule has 0 aliphatic carbocycles. The molecule has 1 aliphatic heterocycles. The van der Waals surface area contributed by atoms with Crippen LogP contribution in [0, 0.1) is 11.8 Å². The fraction of sp³-hybridized carbons (Fsp3) is 0.0556. The van der Waals surface area contributed by atoms with Crippen LogP contribution in [-0.4, -0.2) is 17.2 Å². The molecule has 2 aromatic rings. The monoisotopic (exact) mass is 276 g/mol. The van der Waals surface area contributed by atoms with Crippen molar-refractivity contribution in [2.75, 3.05) is 0 Å². The van der Waals surface area contributed by atoms with Crippen molar-refractivity contribution >= 4 is 5.78 Å². The van der Waals surface area contributed by atoms with Gasteiger partial charge in [-0.1, -0.05) is 42.2 Å². The largest absolute Gasteiger partial charge is 0.460 e. The quantitative estimate of drug-likeness (QED) is 0.594. The Morgan fingerprint density at radius 3 is 2.57 bits per heavy atom. The number of hydrogen-bond donors (Lipinski definition) is 1. The molecule has 2 aromatic carbocycles. The second-order valence-electron chi connectivity index (χ2n) is 4.53. The van der Waals surface area contributed by atoms with Gasteiger partial charge in [0.05, 0.1) is 11.1 Å². The molecule has 3 nitrogen and oxygen atoms in total. The minimum atomic E-state index is -1.28. The Bertz CT molecular complexity index is 764. The number of Topliss-reactive ketones (excluding diaryl/α,β-unsaturated/α-hetero) is 1. The maximum atomic E-state index is 12.3. The van der Waals surface area contributed by atoms with Crippen molar-refractivity contribution < 1.29 is 14.6 Å². The molecule has 0 bridgehead atoms. The molecule has 1 N–H and O–H groups in total. The van der Waals surface area contributed by atoms with E-state index in [9.17, 15) is 9.90 Å². The summed E-state index contributed by atoms with van der Waals surface area (Å²) in [7, 11) is 0. The van der Waals surface area contributed by atoms with E-state index in [4.69, 9.17) is 4.74 Å². The number of benzene rings is 2. The minimum Gasteiger partial charge on any atom is -0.460 e. The molecule has 1 aliphatic rings. The fourth-order valence-electron chi connectivity index (χ4n) is 2.06. The maximum Gasteiger partial charge on any atom is 0.228 e. The van der Waals surface area contributed by atoms with Crippen LogP contribution in [0.25, 0.3) is 0 Å². The summed E-state index contributed by atoms with van der Waals surface area (Å²) in [6.45, 7) is 0. The van der Waals surface area contributed by atoms with Crippen molar-refractivity contribution in [1.29, 1.82) is 0 Å². The molecule has 1 unspecified atom stereocenters. The molecule has 21 heavy (non-hydrogen) atoms. The minimum absolute atomic E-state index is 0.150. The van der Waals surface area contributed by atoms with Crippen molar-refractivity contribution in [2.45, 2.75) is 6.29 Å². The van der Waals surface area contributed by atoms with E-state index in [2.05, 4.69) is 11.8 Å². The Morgan fingerprint density at radius 1 is 1.05 bits per heavy atom. The van der Waals surface area contributed by atoms with Crippen molar-refractivity contribution in [3.63, 3.8) is 0 Å². The number of aliphatic hydroxyl groups is 1. The summed E-state index contributed by atoms with van der Waals surface area (Å²) in [5.74, 6) is 5.84. The van der Waals surface area contributed by atoms with Crippen LogP contribution < -0.4 is 4.74 Å². The predicted molar refractivity (Wildman–Crippen MR) is 78.8 cm³/mol. The van der Waals surface area contributed by atoms with Crippen molar-refractivity contribution in [3.8, 4) is 17.6 Å². The summed E-state index contributed by atoms with van der Waals surface area (Å²) in [5.41, 5.74) is 1.43. The van der Waals surface area contributed by atoms with Crippen LogP contribution in [0.4, 0.5) is 0 Å². The Hall–Kier alpha value is -2.83. The topological polar surface area (TPSA) is 46.5 Å². The standard InChI is InChI=1S/C18H12O3/c19-17-14-10-4-5-12-16(14)21-18(20)15(17)11-6-9-13-7-2-1-3-8-13/h1-5,7-8,10-12,18,20H/b15-11-. The SMILES string of the molecule is O=C1/C(=C/C#Cc2ccccc2)C(O)Oc2ccccc21. The van der Waals surface area contributed by atoms with Gasteiger partial charge in [-0.15, -0.1) is 0 Å². The summed E-state index contributed by atoms with van der Waals surface area (Å²) in [4.78, 5) is 12.3. The number of rotatable bonds is 0. The third-order valence-electron chi connectivity index (χ3n) is 3.12. The summed E-state index contributed by atoms with van der Waals surface area (Å²) >= 11 is 0. The second-order valence-corrected chi connectivity index (χ2v) is 4.53. The summed E-state index contributed by atoms with van der Waals surface area (Å²) in [6, 6.07) is 16.3. The summed E-state index contributed by atoms with van der Waals surface area (Å²) in [6.07, 6.45) is 0.133. The number of carbonyl (C=O) groups is 1. The molecular formula is C18H12O3. The normalized spacial score (nSPS) is 18.4. The first kappa shape index (κ1) is 13.2. The molecule has 1 heterocycles. The highest BCUT2D eigenvalue weighted by atomic mass is 16.6. The number of ether oxygens (including phenoxy) is 1. The molecule has 3 rings (SSSR count). The van der Waals surface area contributed by atoms with Crippen molar-refractivity contribution in [2.24, 2.45) is 0 Å². The molecule has 1 atom stereocenters. The zero-order valence-corrected chi connectivity index (χ0v) is 11.1. The van der Waals surface area contributed by atoms with E-state index in [1.807, 2.05) is 30.3 Å². The molecule has 3 heteroatoms. The highest BCUT2D eigenvalue weighted by Crippen LogP contribution is 2.29. The first-order valence-corrected chi connectivity index (χ1v) is 6.51. The molecule has 0 saturated carbocycles. The van der Waals surface area contributed by atoms with Crippen molar-refractivity contribution in [3.05, 3.63) is 77.4 Å². The number of fused-ring (bicyclic) bond motifs is 1. The van der Waals surface area contributed by atoms with Crippen LogP contribution >= 0.6 is 0 Å². The van der Waals surface area contributed by atoms with Gasteiger partial charge in [-0.05, 0) is 24.3 Å². The Balaban J connectivity index is 1.91. The van der Waals surface area contributed by atoms with Gasteiger partial charge in [0.2, 0.25) is 6.29 Å². The van der Waals surface area contributed by atoms with Gasteiger partial charge in [-0.2, -0.15) is 0 Å². The van der Waals surface area contributed by atoms with E-state index >= 15 is 0 Å². The zero-order chi connectivity index (χ0) is 14.7. The number of carbonyl (C=O) groups excluding carboxylic acids is 1. The van der Waals surface area contributed by atoms with E-state index in [0.717, 1.165) is 5.56 Å². The van der Waals surface area contributed by atoms with Gasteiger partial charge in [0.15, 0.2) is 5.78 Å². The third-order valence-corrected chi connectivity index (χ3v) is 3.12. The number of hydrogen-bond acceptors (Lipinski definition) is 3. The third kappa shape index (κ3) is 2.71. The zero-order valence-electron chi connectivity index (χ0n) is 11.1. The molecular weight excluding hydrogens is 264 g/mol. The average Bonchev–Trinajstić information content (AvgIpc) is 2.51. The first-order valence-electron chi connectivity index (χ1n) is 6.51. The number of aliphatic hydroxyl groups excluding tert-OH is 1. The molecule has 0 aromatic heterocycles. The van der Waals surface area contributed by atoms with Gasteiger partial charge < -0.3 is 9.84 Å². The van der Waals surface area contributed by atoms with E-state index in [1.54, 1.807) is 24.3 Å². The molecule has 0 spiro atoms. The Labute approximate surface area is 122 Å². The predicted octanol–water partition coefficient (Wildman–Crippen LogP) is 2.56. The number of ketones is 1. The molecule has 102 valence electrons. The van der Waals surface area contributed by atoms with Crippen LogP contribution in [0.2, 0.25) is 0 Å². The smallest absolute Gasteiger partial charge is 0.228 e. The van der Waals surface area contributed by atoms with E-state index in [0.29, 0.717) is 11.3 Å². The van der Waals surface area contributed by atoms with Gasteiger partial charge in [-0.25, -0.2) is 0 Å². The summed E-state index contributed by atoms with van der Waals surface area (Å²) in [5, 5.41) is 9.90. The maximum absolute atomic E-state index is 12.3. The first-order chi connectivity index (χ1) is 10.3. The molecule has 0 radical (unpaired) electrons. The van der Waals surface area contributed by atoms with E-state index in [1.165, 1.54) is 6.08 Å². The fourth-order valence-corrected chi connectivity index (χ4v) is 2.06. The lowest BCUT2D eigenvalue weighted by Crippen LogP contribution is -2.29. The van der Waals surface area contributed by atoms with E-state index in [-0.39, 0.29) is 11.4 Å². The van der Waals surface area contributed by atoms with E-state index < -0.39 is 6.29 Å². The van der Waals surface area contributed by atoms with Crippen LogP contribution in [0.1, 0.15) is 15.9 Å². The molecule has 0 amide bonds. The lowest BCUT2D eigenvalue weighted by atomic mass is 9.99. The lowest BCUT2D eigenvalue weighted by Gasteiger charge is -2.22. The average molecular weight is 276 g/mol. The summed E-state index contributed by atoms with van der Waals surface area (Å²) < 4.78 is 5.32. The van der Waals surface area contributed by atoms with Gasteiger partial charge in [0.1, 0.15) is 5.75 Å². The molecule has 0 fully saturated rings. The highest BCUT2D eigenvalue weighted by Gasteiger charge is 2.29. The van der Waals surface area contributed by atoms with Crippen LogP contribution in [-0.2, 0) is 0 Å². The Kier molecular flexibility index (Phi) is 3.55. The van der Waals surface area contributed by atoms with Gasteiger partial charge in [-0.3, -0.25) is 4.79 Å². The highest BCUT2D eigenvalue weighted by molar-refractivity contribution is 6.12. The second kappa shape index (κ2) is 5.66. The van der Waals surface area contributed by atoms with Crippen LogP contribution in [0.3, 0.4) is 0 Å².